The highest BCUT2D eigenvalue weighted by Gasteiger charge is 2.18. The lowest BCUT2D eigenvalue weighted by molar-refractivity contribution is 1.18. The van der Waals surface area contributed by atoms with Gasteiger partial charge in [0.25, 0.3) is 0 Å². The summed E-state index contributed by atoms with van der Waals surface area (Å²) >= 11 is 1.88. The summed E-state index contributed by atoms with van der Waals surface area (Å²) in [5.74, 6) is 0. The van der Waals surface area contributed by atoms with Crippen LogP contribution < -0.4 is 5.73 Å². The van der Waals surface area contributed by atoms with Gasteiger partial charge in [-0.25, -0.2) is 0 Å². The number of hydrogen-bond acceptors (Lipinski definition) is 2. The molecule has 0 saturated carbocycles. The number of anilines is 1. The van der Waals surface area contributed by atoms with Crippen LogP contribution in [0.2, 0.25) is 0 Å². The molecule has 4 heteroatoms. The molecule has 216 valence electrons. The smallest absolute Gasteiger partial charge is 0.0640 e. The molecule has 0 fully saturated rings. The minimum Gasteiger partial charge on any atom is -0.399 e. The van der Waals surface area contributed by atoms with Crippen LogP contribution in [-0.4, -0.2) is 9.13 Å². The first-order valence-corrected chi connectivity index (χ1v) is 16.4. The Labute approximate surface area is 269 Å². The van der Waals surface area contributed by atoms with Crippen LogP contribution >= 0.6 is 11.3 Å². The van der Waals surface area contributed by atoms with Gasteiger partial charge in [-0.2, -0.15) is 0 Å². The maximum Gasteiger partial charge on any atom is 0.0640 e. The van der Waals surface area contributed by atoms with Crippen molar-refractivity contribution in [3.05, 3.63) is 152 Å². The predicted octanol–water partition coefficient (Wildman–Crippen LogP) is 11.5. The number of nitrogens with zero attached hydrogens (tertiary/aromatic N) is 2. The normalized spacial score (nSPS) is 12.0. The summed E-state index contributed by atoms with van der Waals surface area (Å²) in [5, 5.41) is 7.64. The Hall–Kier alpha value is -5.84. The summed E-state index contributed by atoms with van der Waals surface area (Å²) in [5.41, 5.74) is 16.4. The number of rotatable bonds is 3. The molecule has 3 aromatic heterocycles. The van der Waals surface area contributed by atoms with Crippen LogP contribution in [0.4, 0.5) is 5.69 Å². The summed E-state index contributed by atoms with van der Waals surface area (Å²) < 4.78 is 7.43. The zero-order valence-corrected chi connectivity index (χ0v) is 25.6. The molecule has 10 aromatic rings. The predicted molar refractivity (Wildman–Crippen MR) is 198 cm³/mol. The topological polar surface area (TPSA) is 35.9 Å². The summed E-state index contributed by atoms with van der Waals surface area (Å²) in [6.07, 6.45) is 0. The van der Waals surface area contributed by atoms with E-state index in [2.05, 4.69) is 149 Å². The lowest BCUT2D eigenvalue weighted by Gasteiger charge is -2.10. The van der Waals surface area contributed by atoms with Gasteiger partial charge in [-0.05, 0) is 83.9 Å². The molecule has 0 atom stereocenters. The first-order valence-electron chi connectivity index (χ1n) is 15.6. The standard InChI is InChI=1S/C42H27N3S/c43-28-18-20-29(21-19-28)44-36-12-4-1-8-30(36)34-24-26(16-22-38(34)44)27-17-23-39-35(25-27)31-9-2-5-13-37(31)45(39)40-14-7-11-33-32-10-3-6-15-41(32)46-42(33)40/h1-25H,43H2. The van der Waals surface area contributed by atoms with Gasteiger partial charge < -0.3 is 14.9 Å². The van der Waals surface area contributed by atoms with E-state index in [1.54, 1.807) is 0 Å². The van der Waals surface area contributed by atoms with Crippen molar-refractivity contribution in [3.8, 4) is 22.5 Å². The molecule has 3 nitrogen and oxygen atoms in total. The van der Waals surface area contributed by atoms with E-state index in [-0.39, 0.29) is 0 Å². The van der Waals surface area contributed by atoms with Gasteiger partial charge in [-0.1, -0.05) is 78.9 Å². The van der Waals surface area contributed by atoms with Crippen molar-refractivity contribution in [2.45, 2.75) is 0 Å². The van der Waals surface area contributed by atoms with Crippen molar-refractivity contribution in [3.63, 3.8) is 0 Å². The Balaban J connectivity index is 1.19. The summed E-state index contributed by atoms with van der Waals surface area (Å²) in [4.78, 5) is 0. The molecule has 2 N–H and O–H groups in total. The number of nitrogens with two attached hydrogens (primary N) is 1. The Morgan fingerprint density at radius 1 is 0.413 bits per heavy atom. The Morgan fingerprint density at radius 2 is 0.957 bits per heavy atom. The minimum absolute atomic E-state index is 0.768. The van der Waals surface area contributed by atoms with Crippen LogP contribution in [0, 0.1) is 0 Å². The van der Waals surface area contributed by atoms with E-state index < -0.39 is 0 Å². The van der Waals surface area contributed by atoms with Crippen molar-refractivity contribution in [1.82, 2.24) is 9.13 Å². The molecule has 0 saturated heterocycles. The van der Waals surface area contributed by atoms with E-state index in [1.165, 1.54) is 80.6 Å². The van der Waals surface area contributed by atoms with E-state index in [0.29, 0.717) is 0 Å². The molecule has 7 aromatic carbocycles. The fourth-order valence-corrected chi connectivity index (χ4v) is 8.58. The number of nitrogen functional groups attached to an aromatic ring is 1. The number of fused-ring (bicyclic) bond motifs is 9. The molecule has 0 aliphatic heterocycles. The van der Waals surface area contributed by atoms with E-state index in [9.17, 15) is 0 Å². The molecule has 46 heavy (non-hydrogen) atoms. The molecule has 0 aliphatic rings. The number of hydrogen-bond donors (Lipinski definition) is 1. The monoisotopic (exact) mass is 605 g/mol. The highest BCUT2D eigenvalue weighted by Crippen LogP contribution is 2.42. The van der Waals surface area contributed by atoms with Crippen LogP contribution in [0.25, 0.3) is 86.3 Å². The zero-order valence-electron chi connectivity index (χ0n) is 24.8. The lowest BCUT2D eigenvalue weighted by atomic mass is 10.0. The highest BCUT2D eigenvalue weighted by atomic mass is 32.1. The quantitative estimate of drug-likeness (QED) is 0.200. The van der Waals surface area contributed by atoms with E-state index in [4.69, 9.17) is 5.73 Å². The molecule has 0 amide bonds. The second-order valence-electron chi connectivity index (χ2n) is 12.0. The lowest BCUT2D eigenvalue weighted by Crippen LogP contribution is -1.94. The Morgan fingerprint density at radius 3 is 1.65 bits per heavy atom. The average Bonchev–Trinajstić information content (AvgIpc) is 3.76. The average molecular weight is 606 g/mol. The van der Waals surface area contributed by atoms with Gasteiger partial charge in [0.15, 0.2) is 0 Å². The fourth-order valence-electron chi connectivity index (χ4n) is 7.37. The Kier molecular flexibility index (Phi) is 5.31. The number of thiophene rings is 1. The van der Waals surface area contributed by atoms with Crippen molar-refractivity contribution in [2.75, 3.05) is 5.73 Å². The third-order valence-corrected chi connectivity index (χ3v) is 10.7. The zero-order chi connectivity index (χ0) is 30.4. The van der Waals surface area contributed by atoms with E-state index in [1.807, 2.05) is 23.5 Å². The van der Waals surface area contributed by atoms with Gasteiger partial charge in [-0.15, -0.1) is 11.3 Å². The fraction of sp³-hybridized carbons (Fsp3) is 0. The Bertz CT molecular complexity index is 2810. The summed E-state index contributed by atoms with van der Waals surface area (Å²) in [6.45, 7) is 0. The molecular formula is C42H27N3S. The number of benzene rings is 7. The molecule has 3 heterocycles. The van der Waals surface area contributed by atoms with Crippen LogP contribution in [-0.2, 0) is 0 Å². The molecule has 0 bridgehead atoms. The SMILES string of the molecule is Nc1ccc(-n2c3ccccc3c3cc(-c4ccc5c(c4)c4ccccc4n5-c4cccc5c4sc4ccccc45)ccc32)cc1. The second kappa shape index (κ2) is 9.58. The highest BCUT2D eigenvalue weighted by molar-refractivity contribution is 7.26. The van der Waals surface area contributed by atoms with Gasteiger partial charge in [0.2, 0.25) is 0 Å². The van der Waals surface area contributed by atoms with Crippen LogP contribution in [0.3, 0.4) is 0 Å². The van der Waals surface area contributed by atoms with Crippen molar-refractivity contribution >= 4 is 80.8 Å². The van der Waals surface area contributed by atoms with Gasteiger partial charge in [0.05, 0.1) is 32.5 Å². The third-order valence-electron chi connectivity index (χ3n) is 9.45. The molecule has 0 aliphatic carbocycles. The van der Waals surface area contributed by atoms with Crippen molar-refractivity contribution in [1.29, 1.82) is 0 Å². The molecule has 0 radical (unpaired) electrons. The minimum atomic E-state index is 0.768. The maximum atomic E-state index is 6.03. The summed E-state index contributed by atoms with van der Waals surface area (Å²) in [6, 6.07) is 54.9. The van der Waals surface area contributed by atoms with Crippen LogP contribution in [0.15, 0.2) is 152 Å². The van der Waals surface area contributed by atoms with Crippen molar-refractivity contribution < 1.29 is 0 Å². The largest absolute Gasteiger partial charge is 0.399 e. The molecule has 10 rings (SSSR count). The second-order valence-corrected chi connectivity index (χ2v) is 13.1. The number of aromatic nitrogens is 2. The van der Waals surface area contributed by atoms with Crippen LogP contribution in [0.1, 0.15) is 0 Å². The molecular weight excluding hydrogens is 579 g/mol. The maximum absolute atomic E-state index is 6.03. The van der Waals surface area contributed by atoms with Crippen molar-refractivity contribution in [2.24, 2.45) is 0 Å². The first kappa shape index (κ1) is 25.5. The van der Waals surface area contributed by atoms with Gasteiger partial charge >= 0.3 is 0 Å². The number of para-hydroxylation sites is 2. The van der Waals surface area contributed by atoms with Gasteiger partial charge in [-0.3, -0.25) is 0 Å². The van der Waals surface area contributed by atoms with Crippen LogP contribution in [0.5, 0.6) is 0 Å². The van der Waals surface area contributed by atoms with Gasteiger partial charge in [0.1, 0.15) is 0 Å². The van der Waals surface area contributed by atoms with E-state index >= 15 is 0 Å². The van der Waals surface area contributed by atoms with E-state index in [0.717, 1.165) is 11.4 Å². The summed E-state index contributed by atoms with van der Waals surface area (Å²) in [7, 11) is 0. The molecule has 0 unspecified atom stereocenters. The first-order chi connectivity index (χ1) is 22.7. The third kappa shape index (κ3) is 3.59. The van der Waals surface area contributed by atoms with Gasteiger partial charge in [0, 0.05) is 48.4 Å². The molecule has 0 spiro atoms.